The van der Waals surface area contributed by atoms with Crippen LogP contribution in [-0.2, 0) is 5.54 Å². The molecule has 0 aliphatic heterocycles. The molecule has 1 heterocycles. The molecule has 0 saturated carbocycles. The minimum Gasteiger partial charge on any atom is -0.390 e. The molecule has 5 heteroatoms. The molecule has 5 nitrogen and oxygen atoms in total. The number of nitrogens with zero attached hydrogens (tertiary/aromatic N) is 3. The van der Waals surface area contributed by atoms with Crippen LogP contribution in [0.3, 0.4) is 0 Å². The van der Waals surface area contributed by atoms with Gasteiger partial charge in [-0.25, -0.2) is 4.57 Å². The second-order valence-electron chi connectivity index (χ2n) is 6.16. The third-order valence-corrected chi connectivity index (χ3v) is 4.72. The number of imidazole rings is 1. The van der Waals surface area contributed by atoms with Gasteiger partial charge in [0.05, 0.1) is 0 Å². The van der Waals surface area contributed by atoms with Crippen LogP contribution in [0.15, 0.2) is 103 Å². The Bertz CT molecular complexity index is 948. The molecule has 0 fully saturated rings. The van der Waals surface area contributed by atoms with Gasteiger partial charge in [0.15, 0.2) is 5.54 Å². The second kappa shape index (κ2) is 6.88. The van der Waals surface area contributed by atoms with Gasteiger partial charge in [0.1, 0.15) is 12.4 Å². The molecule has 3 aromatic carbocycles. The minimum absolute atomic E-state index is 0.202. The van der Waals surface area contributed by atoms with E-state index in [2.05, 4.69) is 4.98 Å². The molecular weight excluding hydrogens is 338 g/mol. The maximum absolute atomic E-state index is 11.7. The molecule has 132 valence electrons. The summed E-state index contributed by atoms with van der Waals surface area (Å²) >= 11 is 0. The van der Waals surface area contributed by atoms with Crippen molar-refractivity contribution >= 4 is 5.95 Å². The van der Waals surface area contributed by atoms with Crippen molar-refractivity contribution < 1.29 is 4.92 Å². The zero-order valence-corrected chi connectivity index (χ0v) is 14.5. The summed E-state index contributed by atoms with van der Waals surface area (Å²) in [5.41, 5.74) is 1.85. The van der Waals surface area contributed by atoms with Crippen molar-refractivity contribution in [1.82, 2.24) is 9.55 Å². The smallest absolute Gasteiger partial charge is 0.390 e. The normalized spacial score (nSPS) is 11.3. The van der Waals surface area contributed by atoms with Crippen molar-refractivity contribution in [3.05, 3.63) is 130 Å². The lowest BCUT2D eigenvalue weighted by atomic mass is 9.76. The van der Waals surface area contributed by atoms with Crippen LogP contribution >= 0.6 is 0 Å². The highest BCUT2D eigenvalue weighted by Crippen LogP contribution is 2.42. The van der Waals surface area contributed by atoms with Crippen LogP contribution in [0.4, 0.5) is 5.95 Å². The fourth-order valence-corrected chi connectivity index (χ4v) is 3.65. The SMILES string of the molecule is O=[N+]([O-])c1nccn1C(c1ccccc1)(c1ccccc1)c1ccccc1. The molecule has 0 N–H and O–H groups in total. The van der Waals surface area contributed by atoms with E-state index in [0.717, 1.165) is 16.7 Å². The lowest BCUT2D eigenvalue weighted by Crippen LogP contribution is -2.38. The van der Waals surface area contributed by atoms with Crippen LogP contribution in [0.5, 0.6) is 0 Å². The van der Waals surface area contributed by atoms with Crippen LogP contribution in [0.2, 0.25) is 0 Å². The minimum atomic E-state index is -0.914. The van der Waals surface area contributed by atoms with Gasteiger partial charge in [-0.05, 0) is 4.92 Å². The van der Waals surface area contributed by atoms with E-state index in [4.69, 9.17) is 0 Å². The summed E-state index contributed by atoms with van der Waals surface area (Å²) < 4.78 is 1.65. The molecule has 0 aliphatic carbocycles. The molecular formula is C22H17N3O2. The predicted molar refractivity (Wildman–Crippen MR) is 103 cm³/mol. The Morgan fingerprint density at radius 1 is 0.741 bits per heavy atom. The van der Waals surface area contributed by atoms with Crippen molar-refractivity contribution in [3.8, 4) is 0 Å². The molecule has 0 atom stereocenters. The number of benzene rings is 3. The first kappa shape index (κ1) is 16.7. The van der Waals surface area contributed by atoms with Crippen LogP contribution in [0.25, 0.3) is 0 Å². The molecule has 0 spiro atoms. The third kappa shape index (κ3) is 2.69. The Hall–Kier alpha value is -3.73. The average Bonchev–Trinajstić information content (AvgIpc) is 3.22. The number of nitro groups is 1. The molecule has 4 rings (SSSR count). The van der Waals surface area contributed by atoms with E-state index in [0.29, 0.717) is 0 Å². The zero-order chi connectivity index (χ0) is 18.7. The predicted octanol–water partition coefficient (Wildman–Crippen LogP) is 4.63. The monoisotopic (exact) mass is 355 g/mol. The van der Waals surface area contributed by atoms with Crippen molar-refractivity contribution in [2.24, 2.45) is 0 Å². The van der Waals surface area contributed by atoms with Gasteiger partial charge >= 0.3 is 5.95 Å². The Kier molecular flexibility index (Phi) is 4.26. The maximum atomic E-state index is 11.7. The Balaban J connectivity index is 2.17. The van der Waals surface area contributed by atoms with Crippen molar-refractivity contribution in [2.45, 2.75) is 5.54 Å². The summed E-state index contributed by atoms with van der Waals surface area (Å²) in [6, 6.07) is 29.4. The lowest BCUT2D eigenvalue weighted by molar-refractivity contribution is -0.397. The number of aromatic nitrogens is 2. The van der Waals surface area contributed by atoms with Crippen LogP contribution in [0.1, 0.15) is 16.7 Å². The fourth-order valence-electron chi connectivity index (χ4n) is 3.65. The fraction of sp³-hybridized carbons (Fsp3) is 0.0455. The quantitative estimate of drug-likeness (QED) is 0.298. The molecule has 0 radical (unpaired) electrons. The van der Waals surface area contributed by atoms with E-state index >= 15 is 0 Å². The molecule has 0 aliphatic rings. The van der Waals surface area contributed by atoms with Crippen molar-refractivity contribution in [3.63, 3.8) is 0 Å². The summed E-state index contributed by atoms with van der Waals surface area (Å²) in [7, 11) is 0. The van der Waals surface area contributed by atoms with E-state index in [-0.39, 0.29) is 5.95 Å². The Morgan fingerprint density at radius 3 is 1.52 bits per heavy atom. The molecule has 0 saturated heterocycles. The van der Waals surface area contributed by atoms with Gasteiger partial charge < -0.3 is 10.1 Å². The van der Waals surface area contributed by atoms with E-state index in [1.807, 2.05) is 91.0 Å². The third-order valence-electron chi connectivity index (χ3n) is 4.72. The summed E-state index contributed by atoms with van der Waals surface area (Å²) in [6.45, 7) is 0. The average molecular weight is 355 g/mol. The van der Waals surface area contributed by atoms with E-state index < -0.39 is 10.5 Å². The number of rotatable bonds is 5. The standard InChI is InChI=1S/C22H17N3O2/c26-25(27)21-23-16-17-24(21)22(18-10-4-1-5-11-18,19-12-6-2-7-13-19)20-14-8-3-9-15-20/h1-17H. The largest absolute Gasteiger partial charge is 0.435 e. The summed E-state index contributed by atoms with van der Waals surface area (Å²) in [5, 5.41) is 11.7. The summed E-state index contributed by atoms with van der Waals surface area (Å²) in [5.74, 6) is -0.202. The molecule has 4 aromatic rings. The van der Waals surface area contributed by atoms with E-state index in [9.17, 15) is 10.1 Å². The highest BCUT2D eigenvalue weighted by Gasteiger charge is 2.44. The molecule has 0 unspecified atom stereocenters. The van der Waals surface area contributed by atoms with Gasteiger partial charge in [0.2, 0.25) is 0 Å². The van der Waals surface area contributed by atoms with E-state index in [1.165, 1.54) is 6.20 Å². The molecule has 0 bridgehead atoms. The summed E-state index contributed by atoms with van der Waals surface area (Å²) in [4.78, 5) is 15.3. The Labute approximate surface area is 156 Å². The molecule has 27 heavy (non-hydrogen) atoms. The first-order valence-corrected chi connectivity index (χ1v) is 8.59. The van der Waals surface area contributed by atoms with E-state index in [1.54, 1.807) is 10.8 Å². The van der Waals surface area contributed by atoms with Gasteiger partial charge in [-0.1, -0.05) is 96.0 Å². The Morgan fingerprint density at radius 2 is 1.15 bits per heavy atom. The van der Waals surface area contributed by atoms with Gasteiger partial charge in [-0.3, -0.25) is 0 Å². The highest BCUT2D eigenvalue weighted by atomic mass is 16.6. The first-order valence-electron chi connectivity index (χ1n) is 8.59. The number of hydrogen-bond donors (Lipinski definition) is 0. The van der Waals surface area contributed by atoms with Crippen LogP contribution in [0, 0.1) is 10.1 Å². The second-order valence-corrected chi connectivity index (χ2v) is 6.16. The number of hydrogen-bond acceptors (Lipinski definition) is 3. The maximum Gasteiger partial charge on any atom is 0.435 e. The van der Waals surface area contributed by atoms with Crippen LogP contribution in [-0.4, -0.2) is 14.5 Å². The van der Waals surface area contributed by atoms with Crippen molar-refractivity contribution in [1.29, 1.82) is 0 Å². The first-order chi connectivity index (χ1) is 13.2. The summed E-state index contributed by atoms with van der Waals surface area (Å²) in [6.07, 6.45) is 3.15. The zero-order valence-electron chi connectivity index (χ0n) is 14.5. The van der Waals surface area contributed by atoms with Crippen LogP contribution < -0.4 is 0 Å². The van der Waals surface area contributed by atoms with Gasteiger partial charge in [0, 0.05) is 16.7 Å². The highest BCUT2D eigenvalue weighted by molar-refractivity contribution is 5.52. The molecule has 1 aromatic heterocycles. The topological polar surface area (TPSA) is 61.0 Å². The van der Waals surface area contributed by atoms with Gasteiger partial charge in [-0.2, -0.15) is 0 Å². The van der Waals surface area contributed by atoms with Gasteiger partial charge in [-0.15, -0.1) is 0 Å². The van der Waals surface area contributed by atoms with Gasteiger partial charge in [0.25, 0.3) is 0 Å². The lowest BCUT2D eigenvalue weighted by Gasteiger charge is -2.34. The van der Waals surface area contributed by atoms with Crippen molar-refractivity contribution in [2.75, 3.05) is 0 Å². The molecule has 0 amide bonds.